The van der Waals surface area contributed by atoms with Crippen molar-refractivity contribution in [3.8, 4) is 0 Å². The molecule has 3 N–H and O–H groups in total. The Bertz CT molecular complexity index is 1010. The zero-order chi connectivity index (χ0) is 27.1. The fourth-order valence-corrected chi connectivity index (χ4v) is 4.96. The SMILES string of the molecule is COC(=O)N1C[C@@H](CN2CCCC2)N(C(=O)Cc2ccc(Cl)c(Cl)c2)C[C@@H]1COC(=O)[C@H](N)CC(=O)O. The lowest BCUT2D eigenvalue weighted by atomic mass is 10.0. The minimum absolute atomic E-state index is 0.0710. The molecule has 0 radical (unpaired) electrons. The number of esters is 1. The molecule has 37 heavy (non-hydrogen) atoms. The molecule has 3 atom stereocenters. The highest BCUT2D eigenvalue weighted by molar-refractivity contribution is 6.42. The van der Waals surface area contributed by atoms with Crippen molar-refractivity contribution in [3.63, 3.8) is 0 Å². The zero-order valence-electron chi connectivity index (χ0n) is 20.6. The molecule has 13 heteroatoms. The fourth-order valence-electron chi connectivity index (χ4n) is 4.64. The lowest BCUT2D eigenvalue weighted by Gasteiger charge is -2.46. The van der Waals surface area contributed by atoms with Gasteiger partial charge in [0.25, 0.3) is 0 Å². The first-order chi connectivity index (χ1) is 17.6. The molecular formula is C24H32Cl2N4O7. The summed E-state index contributed by atoms with van der Waals surface area (Å²) < 4.78 is 10.2. The van der Waals surface area contributed by atoms with Crippen LogP contribution in [0.15, 0.2) is 18.2 Å². The molecule has 0 unspecified atom stereocenters. The van der Waals surface area contributed by atoms with Gasteiger partial charge in [-0.15, -0.1) is 0 Å². The van der Waals surface area contributed by atoms with E-state index in [1.807, 2.05) is 0 Å². The average Bonchev–Trinajstić information content (AvgIpc) is 3.37. The molecule has 0 spiro atoms. The monoisotopic (exact) mass is 558 g/mol. The molecule has 2 aliphatic rings. The highest BCUT2D eigenvalue weighted by Crippen LogP contribution is 2.25. The number of ether oxygens (including phenoxy) is 2. The summed E-state index contributed by atoms with van der Waals surface area (Å²) in [6.07, 6.45) is 1.01. The van der Waals surface area contributed by atoms with Gasteiger partial charge in [-0.05, 0) is 43.6 Å². The summed E-state index contributed by atoms with van der Waals surface area (Å²) in [6.45, 7) is 2.40. The van der Waals surface area contributed by atoms with E-state index in [2.05, 4.69) is 4.90 Å². The number of likely N-dealkylation sites (tertiary alicyclic amines) is 1. The second-order valence-corrected chi connectivity index (χ2v) is 10.1. The standard InChI is InChI=1S/C24H32Cl2N4O7/c1-36-24(35)30-12-16(11-28-6-2-3-7-28)29(21(31)9-15-4-5-18(25)19(26)8-15)13-17(30)14-37-23(34)20(27)10-22(32)33/h4-5,8,16-17,20H,2-3,6-7,9-14,27H2,1H3,(H,32,33)/t16-,17-,20-/m1/s1. The van der Waals surface area contributed by atoms with Crippen molar-refractivity contribution < 1.29 is 33.8 Å². The van der Waals surface area contributed by atoms with Crippen LogP contribution in [0.5, 0.6) is 0 Å². The summed E-state index contributed by atoms with van der Waals surface area (Å²) in [4.78, 5) is 54.6. The highest BCUT2D eigenvalue weighted by atomic mass is 35.5. The van der Waals surface area contributed by atoms with E-state index in [0.717, 1.165) is 25.9 Å². The van der Waals surface area contributed by atoms with Gasteiger partial charge in [-0.3, -0.25) is 19.3 Å². The topological polar surface area (TPSA) is 143 Å². The molecule has 204 valence electrons. The number of carboxylic acid groups (broad SMARTS) is 1. The molecule has 0 saturated carbocycles. The lowest BCUT2D eigenvalue weighted by molar-refractivity contribution is -0.152. The van der Waals surface area contributed by atoms with Gasteiger partial charge in [-0.25, -0.2) is 4.79 Å². The Morgan fingerprint density at radius 3 is 2.38 bits per heavy atom. The number of halogens is 2. The summed E-state index contributed by atoms with van der Waals surface area (Å²) in [6, 6.07) is 2.64. The minimum atomic E-state index is -1.34. The number of nitrogens with two attached hydrogens (primary N) is 1. The number of carbonyl (C=O) groups is 4. The van der Waals surface area contributed by atoms with Gasteiger partial charge in [-0.1, -0.05) is 29.3 Å². The summed E-state index contributed by atoms with van der Waals surface area (Å²) in [5.41, 5.74) is 6.29. The Labute approximate surface area is 225 Å². The van der Waals surface area contributed by atoms with Gasteiger partial charge < -0.3 is 30.1 Å². The van der Waals surface area contributed by atoms with Crippen LogP contribution in [0.4, 0.5) is 4.79 Å². The van der Waals surface area contributed by atoms with E-state index in [0.29, 0.717) is 22.2 Å². The Hall–Kier alpha value is -2.60. The van der Waals surface area contributed by atoms with E-state index >= 15 is 0 Å². The van der Waals surface area contributed by atoms with Crippen LogP contribution in [0, 0.1) is 0 Å². The number of benzene rings is 1. The molecule has 2 aliphatic heterocycles. The highest BCUT2D eigenvalue weighted by Gasteiger charge is 2.40. The predicted octanol–water partition coefficient (Wildman–Crippen LogP) is 1.62. The van der Waals surface area contributed by atoms with Crippen molar-refractivity contribution in [2.24, 2.45) is 5.73 Å². The Balaban J connectivity index is 1.79. The van der Waals surface area contributed by atoms with Crippen LogP contribution in [0.3, 0.4) is 0 Å². The van der Waals surface area contributed by atoms with Gasteiger partial charge in [0.15, 0.2) is 0 Å². The predicted molar refractivity (Wildman–Crippen MR) is 135 cm³/mol. The minimum Gasteiger partial charge on any atom is -0.481 e. The van der Waals surface area contributed by atoms with Crippen LogP contribution in [0.2, 0.25) is 10.0 Å². The van der Waals surface area contributed by atoms with Crippen LogP contribution < -0.4 is 5.73 Å². The number of hydrogen-bond donors (Lipinski definition) is 2. The second-order valence-electron chi connectivity index (χ2n) is 9.24. The van der Waals surface area contributed by atoms with E-state index in [1.165, 1.54) is 12.0 Å². The van der Waals surface area contributed by atoms with Gasteiger partial charge in [0.2, 0.25) is 5.91 Å². The van der Waals surface area contributed by atoms with Crippen LogP contribution in [-0.4, -0.2) is 108 Å². The molecule has 2 saturated heterocycles. The zero-order valence-corrected chi connectivity index (χ0v) is 22.1. The number of nitrogens with zero attached hydrogens (tertiary/aromatic N) is 3. The van der Waals surface area contributed by atoms with Crippen molar-refractivity contribution in [2.45, 2.75) is 43.8 Å². The Kier molecular flexibility index (Phi) is 10.4. The van der Waals surface area contributed by atoms with Crippen molar-refractivity contribution in [1.29, 1.82) is 0 Å². The third-order valence-electron chi connectivity index (χ3n) is 6.55. The molecule has 11 nitrogen and oxygen atoms in total. The summed E-state index contributed by atoms with van der Waals surface area (Å²) >= 11 is 12.1. The van der Waals surface area contributed by atoms with E-state index in [4.69, 9.17) is 43.5 Å². The van der Waals surface area contributed by atoms with E-state index < -0.39 is 36.5 Å². The van der Waals surface area contributed by atoms with Gasteiger partial charge >= 0.3 is 18.0 Å². The second kappa shape index (κ2) is 13.3. The quantitative estimate of drug-likeness (QED) is 0.432. The summed E-state index contributed by atoms with van der Waals surface area (Å²) in [5, 5.41) is 9.61. The largest absolute Gasteiger partial charge is 0.481 e. The maximum absolute atomic E-state index is 13.5. The number of aliphatic carboxylic acids is 1. The number of methoxy groups -OCH3 is 1. The molecule has 2 heterocycles. The number of amides is 2. The average molecular weight is 559 g/mol. The van der Waals surface area contributed by atoms with E-state index in [-0.39, 0.29) is 38.1 Å². The molecule has 0 aromatic heterocycles. The van der Waals surface area contributed by atoms with Crippen molar-refractivity contribution in [1.82, 2.24) is 14.7 Å². The molecular weight excluding hydrogens is 527 g/mol. The van der Waals surface area contributed by atoms with Crippen LogP contribution >= 0.6 is 23.2 Å². The van der Waals surface area contributed by atoms with Crippen molar-refractivity contribution in [3.05, 3.63) is 33.8 Å². The summed E-state index contributed by atoms with van der Waals surface area (Å²) in [5.74, 6) is -2.31. The first-order valence-corrected chi connectivity index (χ1v) is 12.8. The molecule has 2 fully saturated rings. The van der Waals surface area contributed by atoms with Crippen LogP contribution in [-0.2, 0) is 30.3 Å². The Morgan fingerprint density at radius 2 is 1.76 bits per heavy atom. The van der Waals surface area contributed by atoms with Crippen molar-refractivity contribution in [2.75, 3.05) is 46.4 Å². The Morgan fingerprint density at radius 1 is 1.08 bits per heavy atom. The maximum atomic E-state index is 13.5. The number of piperazine rings is 1. The maximum Gasteiger partial charge on any atom is 0.409 e. The van der Waals surface area contributed by atoms with Crippen LogP contribution in [0.1, 0.15) is 24.8 Å². The normalized spacial score (nSPS) is 21.0. The molecule has 3 rings (SSSR count). The van der Waals surface area contributed by atoms with Gasteiger partial charge in [0.1, 0.15) is 12.6 Å². The molecule has 0 aliphatic carbocycles. The third-order valence-corrected chi connectivity index (χ3v) is 7.29. The molecule has 0 bridgehead atoms. The van der Waals surface area contributed by atoms with E-state index in [9.17, 15) is 19.2 Å². The summed E-state index contributed by atoms with van der Waals surface area (Å²) in [7, 11) is 1.26. The molecule has 1 aromatic carbocycles. The number of carbonyl (C=O) groups excluding carboxylic acids is 3. The lowest BCUT2D eigenvalue weighted by Crippen LogP contribution is -2.65. The molecule has 1 aromatic rings. The number of carboxylic acids is 1. The van der Waals surface area contributed by atoms with Gasteiger partial charge in [0, 0.05) is 19.6 Å². The van der Waals surface area contributed by atoms with E-state index in [1.54, 1.807) is 23.1 Å². The van der Waals surface area contributed by atoms with Gasteiger partial charge in [0.05, 0.1) is 42.1 Å². The first-order valence-electron chi connectivity index (χ1n) is 12.0. The smallest absolute Gasteiger partial charge is 0.409 e. The number of rotatable bonds is 9. The number of hydrogen-bond acceptors (Lipinski definition) is 8. The van der Waals surface area contributed by atoms with Crippen molar-refractivity contribution >= 4 is 47.1 Å². The van der Waals surface area contributed by atoms with Gasteiger partial charge in [-0.2, -0.15) is 0 Å². The fraction of sp³-hybridized carbons (Fsp3) is 0.583. The third kappa shape index (κ3) is 7.94. The van der Waals surface area contributed by atoms with Crippen LogP contribution in [0.25, 0.3) is 0 Å². The molecule has 2 amide bonds. The first kappa shape index (κ1) is 29.0.